The lowest BCUT2D eigenvalue weighted by Crippen LogP contribution is -2.32. The SMILES string of the molecule is CC(Oc1ccc2ccccc2c1C=Nn1c(=O)[nH]c2ccccc2c1=O)C(=O)O. The molecule has 8 heteroatoms. The van der Waals surface area contributed by atoms with Crippen LogP contribution in [0.2, 0.25) is 0 Å². The molecule has 0 bridgehead atoms. The summed E-state index contributed by atoms with van der Waals surface area (Å²) in [5.41, 5.74) is -0.368. The first-order valence-electron chi connectivity index (χ1n) is 9.15. The maximum Gasteiger partial charge on any atom is 0.349 e. The number of carboxylic acids is 1. The Morgan fingerprint density at radius 2 is 1.77 bits per heavy atom. The third kappa shape index (κ3) is 3.46. The lowest BCUT2D eigenvalue weighted by Gasteiger charge is -2.14. The second kappa shape index (κ2) is 7.67. The Bertz CT molecular complexity index is 1420. The number of carbonyl (C=O) groups is 1. The summed E-state index contributed by atoms with van der Waals surface area (Å²) in [6.45, 7) is 1.41. The second-order valence-corrected chi connectivity index (χ2v) is 6.63. The maximum absolute atomic E-state index is 12.7. The molecule has 1 heterocycles. The topological polar surface area (TPSA) is 114 Å². The van der Waals surface area contributed by atoms with Crippen molar-refractivity contribution in [3.8, 4) is 5.75 Å². The Balaban J connectivity index is 1.88. The number of aromatic amines is 1. The molecule has 1 aromatic heterocycles. The van der Waals surface area contributed by atoms with Gasteiger partial charge < -0.3 is 14.8 Å². The normalized spacial score (nSPS) is 12.4. The number of benzene rings is 3. The van der Waals surface area contributed by atoms with Crippen molar-refractivity contribution >= 4 is 33.9 Å². The van der Waals surface area contributed by atoms with Gasteiger partial charge in [0.05, 0.1) is 17.1 Å². The molecule has 1 unspecified atom stereocenters. The molecular weight excluding hydrogens is 386 g/mol. The van der Waals surface area contributed by atoms with Crippen molar-refractivity contribution in [3.05, 3.63) is 87.1 Å². The molecule has 0 aliphatic heterocycles. The number of nitrogens with one attached hydrogen (secondary N) is 1. The summed E-state index contributed by atoms with van der Waals surface area (Å²) in [5.74, 6) is -0.842. The summed E-state index contributed by atoms with van der Waals surface area (Å²) in [6.07, 6.45) is 0.239. The molecule has 0 aliphatic rings. The number of fused-ring (bicyclic) bond motifs is 2. The molecular formula is C22H17N3O5. The molecule has 150 valence electrons. The highest BCUT2D eigenvalue weighted by Gasteiger charge is 2.16. The zero-order valence-corrected chi connectivity index (χ0v) is 15.9. The van der Waals surface area contributed by atoms with Crippen molar-refractivity contribution in [2.45, 2.75) is 13.0 Å². The van der Waals surface area contributed by atoms with Crippen LogP contribution in [-0.2, 0) is 4.79 Å². The van der Waals surface area contributed by atoms with Crippen molar-refractivity contribution in [3.63, 3.8) is 0 Å². The minimum absolute atomic E-state index is 0.276. The molecule has 0 spiro atoms. The van der Waals surface area contributed by atoms with Gasteiger partial charge in [-0.2, -0.15) is 5.10 Å². The molecule has 30 heavy (non-hydrogen) atoms. The van der Waals surface area contributed by atoms with Gasteiger partial charge in [-0.3, -0.25) is 4.79 Å². The van der Waals surface area contributed by atoms with Crippen LogP contribution in [0.4, 0.5) is 0 Å². The molecule has 3 aromatic carbocycles. The lowest BCUT2D eigenvalue weighted by molar-refractivity contribution is -0.144. The Labute approximate surface area is 169 Å². The summed E-state index contributed by atoms with van der Waals surface area (Å²) in [4.78, 5) is 38.9. The predicted molar refractivity (Wildman–Crippen MR) is 113 cm³/mol. The maximum atomic E-state index is 12.7. The average molecular weight is 403 g/mol. The Morgan fingerprint density at radius 1 is 1.07 bits per heavy atom. The standard InChI is InChI=1S/C22H17N3O5/c1-13(21(27)28)30-19-11-10-14-6-2-3-7-15(14)17(19)12-23-25-20(26)16-8-4-5-9-18(16)24-22(25)29/h2-13H,1H3,(H,24,29)(H,27,28). The summed E-state index contributed by atoms with van der Waals surface area (Å²) >= 11 is 0. The number of rotatable bonds is 5. The smallest absolute Gasteiger partial charge is 0.349 e. The quantitative estimate of drug-likeness (QED) is 0.497. The number of hydrogen-bond acceptors (Lipinski definition) is 5. The number of H-pyrrole nitrogens is 1. The van der Waals surface area contributed by atoms with Gasteiger partial charge in [0.2, 0.25) is 0 Å². The van der Waals surface area contributed by atoms with Gasteiger partial charge in [-0.25, -0.2) is 9.59 Å². The zero-order valence-electron chi connectivity index (χ0n) is 15.9. The number of para-hydroxylation sites is 1. The minimum Gasteiger partial charge on any atom is -0.479 e. The van der Waals surface area contributed by atoms with Crippen molar-refractivity contribution in [2.24, 2.45) is 5.10 Å². The Hall–Kier alpha value is -4.20. The van der Waals surface area contributed by atoms with Crippen LogP contribution in [0.25, 0.3) is 21.7 Å². The molecule has 0 saturated carbocycles. The average Bonchev–Trinajstić information content (AvgIpc) is 2.74. The second-order valence-electron chi connectivity index (χ2n) is 6.63. The van der Waals surface area contributed by atoms with Crippen LogP contribution < -0.4 is 16.0 Å². The van der Waals surface area contributed by atoms with Crippen molar-refractivity contribution in [1.29, 1.82) is 0 Å². The number of aliphatic carboxylic acids is 1. The van der Waals surface area contributed by atoms with E-state index in [0.717, 1.165) is 15.4 Å². The summed E-state index contributed by atoms with van der Waals surface area (Å²) in [5, 5.41) is 15.2. The molecule has 0 saturated heterocycles. The summed E-state index contributed by atoms with van der Waals surface area (Å²) in [7, 11) is 0. The fraction of sp³-hybridized carbons (Fsp3) is 0.0909. The third-order valence-corrected chi connectivity index (χ3v) is 4.67. The van der Waals surface area contributed by atoms with Crippen LogP contribution in [0, 0.1) is 0 Å². The highest BCUT2D eigenvalue weighted by atomic mass is 16.5. The van der Waals surface area contributed by atoms with Gasteiger partial charge in [0.15, 0.2) is 6.10 Å². The van der Waals surface area contributed by atoms with E-state index in [0.29, 0.717) is 16.5 Å². The van der Waals surface area contributed by atoms with Crippen LogP contribution in [0.1, 0.15) is 12.5 Å². The molecule has 0 aliphatic carbocycles. The van der Waals surface area contributed by atoms with Gasteiger partial charge in [-0.05, 0) is 35.9 Å². The molecule has 8 nitrogen and oxygen atoms in total. The van der Waals surface area contributed by atoms with E-state index in [1.165, 1.54) is 13.1 Å². The monoisotopic (exact) mass is 403 g/mol. The lowest BCUT2D eigenvalue weighted by atomic mass is 10.0. The predicted octanol–water partition coefficient (Wildman–Crippen LogP) is 2.58. The molecule has 0 fully saturated rings. The molecule has 4 rings (SSSR count). The zero-order chi connectivity index (χ0) is 21.3. The Kier molecular flexibility index (Phi) is 4.89. The first kappa shape index (κ1) is 19.1. The van der Waals surface area contributed by atoms with Gasteiger partial charge in [0.25, 0.3) is 5.56 Å². The fourth-order valence-electron chi connectivity index (χ4n) is 3.13. The van der Waals surface area contributed by atoms with E-state index >= 15 is 0 Å². The van der Waals surface area contributed by atoms with Gasteiger partial charge in [0.1, 0.15) is 5.75 Å². The number of carboxylic acid groups (broad SMARTS) is 1. The third-order valence-electron chi connectivity index (χ3n) is 4.67. The van der Waals surface area contributed by atoms with Crippen molar-refractivity contribution in [2.75, 3.05) is 0 Å². The number of hydrogen-bond donors (Lipinski definition) is 2. The van der Waals surface area contributed by atoms with Crippen LogP contribution in [0.15, 0.2) is 75.4 Å². The van der Waals surface area contributed by atoms with E-state index in [4.69, 9.17) is 4.74 Å². The highest BCUT2D eigenvalue weighted by Crippen LogP contribution is 2.27. The molecule has 1 atom stereocenters. The van der Waals surface area contributed by atoms with Gasteiger partial charge in [-0.15, -0.1) is 4.68 Å². The molecule has 0 radical (unpaired) electrons. The van der Waals surface area contributed by atoms with Crippen molar-refractivity contribution < 1.29 is 14.6 Å². The number of aromatic nitrogens is 2. The highest BCUT2D eigenvalue weighted by molar-refractivity contribution is 6.02. The number of ether oxygens (including phenoxy) is 1. The van der Waals surface area contributed by atoms with E-state index in [1.807, 2.05) is 24.3 Å². The van der Waals surface area contributed by atoms with Crippen LogP contribution >= 0.6 is 0 Å². The van der Waals surface area contributed by atoms with E-state index < -0.39 is 23.3 Å². The van der Waals surface area contributed by atoms with Gasteiger partial charge >= 0.3 is 11.7 Å². The van der Waals surface area contributed by atoms with E-state index in [-0.39, 0.29) is 5.75 Å². The van der Waals surface area contributed by atoms with Crippen LogP contribution in [0.3, 0.4) is 0 Å². The largest absolute Gasteiger partial charge is 0.479 e. The first-order valence-corrected chi connectivity index (χ1v) is 9.15. The molecule has 2 N–H and O–H groups in total. The number of nitrogens with zero attached hydrogens (tertiary/aromatic N) is 2. The first-order chi connectivity index (χ1) is 14.5. The summed E-state index contributed by atoms with van der Waals surface area (Å²) < 4.78 is 6.30. The van der Waals surface area contributed by atoms with Crippen LogP contribution in [-0.4, -0.2) is 33.1 Å². The minimum atomic E-state index is -1.12. The van der Waals surface area contributed by atoms with E-state index in [9.17, 15) is 19.5 Å². The Morgan fingerprint density at radius 3 is 2.53 bits per heavy atom. The van der Waals surface area contributed by atoms with Gasteiger partial charge in [-0.1, -0.05) is 42.5 Å². The van der Waals surface area contributed by atoms with Crippen LogP contribution in [0.5, 0.6) is 5.75 Å². The van der Waals surface area contributed by atoms with Crippen molar-refractivity contribution in [1.82, 2.24) is 9.66 Å². The van der Waals surface area contributed by atoms with E-state index in [2.05, 4.69) is 10.1 Å². The molecule has 0 amide bonds. The molecule has 4 aromatic rings. The summed E-state index contributed by atoms with van der Waals surface area (Å²) in [6, 6.07) is 17.5. The van der Waals surface area contributed by atoms with E-state index in [1.54, 1.807) is 36.4 Å². The van der Waals surface area contributed by atoms with Gasteiger partial charge in [0, 0.05) is 5.56 Å². The fourth-order valence-corrected chi connectivity index (χ4v) is 3.13.